The highest BCUT2D eigenvalue weighted by Crippen LogP contribution is 2.43. The third kappa shape index (κ3) is 4.75. The number of nitrogens with zero attached hydrogens (tertiary/aromatic N) is 1. The van der Waals surface area contributed by atoms with E-state index in [2.05, 4.69) is 48.5 Å². The normalized spacial score (nSPS) is 22.6. The van der Waals surface area contributed by atoms with Gasteiger partial charge < -0.3 is 0 Å². The number of hydrogen-bond donors (Lipinski definition) is 0. The smallest absolute Gasteiger partial charge is 0.0992 e. The summed E-state index contributed by atoms with van der Waals surface area (Å²) in [6, 6.07) is 27.9. The molecule has 3 aromatic carbocycles. The molecule has 2 fully saturated rings. The van der Waals surface area contributed by atoms with Crippen molar-refractivity contribution >= 4 is 0 Å². The molecule has 0 N–H and O–H groups in total. The minimum absolute atomic E-state index is 0.711. The second-order valence-corrected chi connectivity index (χ2v) is 9.75. The van der Waals surface area contributed by atoms with Gasteiger partial charge in [0.2, 0.25) is 0 Å². The quantitative estimate of drug-likeness (QED) is 0.421. The predicted molar refractivity (Wildman–Crippen MR) is 129 cm³/mol. The van der Waals surface area contributed by atoms with Gasteiger partial charge in [-0.15, -0.1) is 0 Å². The molecule has 2 atom stereocenters. The minimum atomic E-state index is 0.711. The lowest BCUT2D eigenvalue weighted by atomic mass is 9.67. The van der Waals surface area contributed by atoms with Gasteiger partial charge in [-0.2, -0.15) is 5.26 Å². The summed E-state index contributed by atoms with van der Waals surface area (Å²) in [5.41, 5.74) is 6.70. The maximum absolute atomic E-state index is 9.53. The molecule has 0 saturated heterocycles. The van der Waals surface area contributed by atoms with Gasteiger partial charge in [-0.1, -0.05) is 73.9 Å². The Balaban J connectivity index is 1.29. The van der Waals surface area contributed by atoms with Gasteiger partial charge in [0.25, 0.3) is 0 Å². The van der Waals surface area contributed by atoms with Crippen LogP contribution in [0.15, 0.2) is 72.8 Å². The van der Waals surface area contributed by atoms with Gasteiger partial charge in [-0.25, -0.2) is 0 Å². The van der Waals surface area contributed by atoms with Crippen molar-refractivity contribution in [2.45, 2.75) is 51.4 Å². The molecular weight excluding hydrogens is 374 g/mol. The Morgan fingerprint density at radius 3 is 2.00 bits per heavy atom. The van der Waals surface area contributed by atoms with Crippen LogP contribution in [0, 0.1) is 29.1 Å². The topological polar surface area (TPSA) is 23.8 Å². The van der Waals surface area contributed by atoms with E-state index < -0.39 is 0 Å². The van der Waals surface area contributed by atoms with E-state index in [-0.39, 0.29) is 0 Å². The number of rotatable bonds is 5. The first-order valence-corrected chi connectivity index (χ1v) is 12.0. The molecule has 0 aromatic heterocycles. The largest absolute Gasteiger partial charge is 0.192 e. The monoisotopic (exact) mass is 405 g/mol. The van der Waals surface area contributed by atoms with Crippen LogP contribution in [0.5, 0.6) is 0 Å². The maximum Gasteiger partial charge on any atom is 0.0992 e. The van der Waals surface area contributed by atoms with E-state index in [1.54, 1.807) is 0 Å². The first kappa shape index (κ1) is 20.1. The highest BCUT2D eigenvalue weighted by Gasteiger charge is 2.31. The Kier molecular flexibility index (Phi) is 5.90. The van der Waals surface area contributed by atoms with Crippen molar-refractivity contribution in [3.05, 3.63) is 83.9 Å². The number of aryl methyl sites for hydroxylation is 1. The van der Waals surface area contributed by atoms with Gasteiger partial charge >= 0.3 is 0 Å². The van der Waals surface area contributed by atoms with Crippen molar-refractivity contribution in [1.82, 2.24) is 0 Å². The van der Waals surface area contributed by atoms with Gasteiger partial charge in [-0.05, 0) is 95.9 Å². The molecule has 31 heavy (non-hydrogen) atoms. The SMILES string of the molecule is N#Cc1cc(-c2ccccc2)cc(-c2ccc(CCC3CC4CCCC(C4)C3)cc2)c1. The minimum Gasteiger partial charge on any atom is -0.192 e. The van der Waals surface area contributed by atoms with E-state index in [4.69, 9.17) is 0 Å². The molecule has 2 aliphatic carbocycles. The van der Waals surface area contributed by atoms with E-state index in [9.17, 15) is 5.26 Å². The Hall–Kier alpha value is -2.85. The summed E-state index contributed by atoms with van der Waals surface area (Å²) in [5, 5.41) is 9.53. The number of fused-ring (bicyclic) bond motifs is 2. The van der Waals surface area contributed by atoms with Crippen molar-refractivity contribution in [2.75, 3.05) is 0 Å². The molecule has 1 nitrogen and oxygen atoms in total. The van der Waals surface area contributed by atoms with Crippen molar-refractivity contribution < 1.29 is 0 Å². The third-order valence-electron chi connectivity index (χ3n) is 7.52. The van der Waals surface area contributed by atoms with Gasteiger partial charge in [0, 0.05) is 0 Å². The van der Waals surface area contributed by atoms with Gasteiger partial charge in [-0.3, -0.25) is 0 Å². The van der Waals surface area contributed by atoms with E-state index in [0.29, 0.717) is 5.56 Å². The fraction of sp³-hybridized carbons (Fsp3) is 0.367. The van der Waals surface area contributed by atoms with Crippen LogP contribution in [-0.2, 0) is 6.42 Å². The standard InChI is InChI=1S/C30H31N/c31-21-26-18-29(27-7-2-1-3-8-27)20-30(19-26)28-13-11-22(12-14-28)9-10-25-16-23-5-4-6-24(15-23)17-25/h1-3,7-8,11-14,18-20,23-25H,4-6,9-10,15-17H2. The fourth-order valence-corrected chi connectivity index (χ4v) is 6.00. The van der Waals surface area contributed by atoms with Crippen molar-refractivity contribution in [1.29, 1.82) is 5.26 Å². The maximum atomic E-state index is 9.53. The summed E-state index contributed by atoms with van der Waals surface area (Å²) >= 11 is 0. The molecule has 2 bridgehead atoms. The lowest BCUT2D eigenvalue weighted by Gasteiger charge is -2.39. The van der Waals surface area contributed by atoms with E-state index in [1.165, 1.54) is 62.5 Å². The van der Waals surface area contributed by atoms with Crippen LogP contribution in [0.1, 0.15) is 56.1 Å². The molecule has 5 rings (SSSR count). The van der Waals surface area contributed by atoms with Crippen LogP contribution in [0.3, 0.4) is 0 Å². The molecule has 0 spiro atoms. The summed E-state index contributed by atoms with van der Waals surface area (Å²) < 4.78 is 0. The molecule has 0 radical (unpaired) electrons. The Labute approximate surface area is 186 Å². The lowest BCUT2D eigenvalue weighted by Crippen LogP contribution is -2.27. The third-order valence-corrected chi connectivity index (χ3v) is 7.52. The van der Waals surface area contributed by atoms with Crippen LogP contribution in [-0.4, -0.2) is 0 Å². The molecule has 0 amide bonds. The van der Waals surface area contributed by atoms with Crippen LogP contribution in [0.2, 0.25) is 0 Å². The summed E-state index contributed by atoms with van der Waals surface area (Å²) in [7, 11) is 0. The van der Waals surface area contributed by atoms with Gasteiger partial charge in [0.15, 0.2) is 0 Å². The van der Waals surface area contributed by atoms with Crippen molar-refractivity contribution in [3.63, 3.8) is 0 Å². The first-order valence-electron chi connectivity index (χ1n) is 12.0. The average molecular weight is 406 g/mol. The van der Waals surface area contributed by atoms with Crippen LogP contribution in [0.25, 0.3) is 22.3 Å². The Bertz CT molecular complexity index is 1050. The first-order chi connectivity index (χ1) is 15.3. The predicted octanol–water partition coefficient (Wildman–Crippen LogP) is 8.04. The highest BCUT2D eigenvalue weighted by molar-refractivity contribution is 5.75. The molecule has 3 aromatic rings. The summed E-state index contributed by atoms with van der Waals surface area (Å²) in [5.74, 6) is 2.97. The molecular formula is C30H31N. The summed E-state index contributed by atoms with van der Waals surface area (Å²) in [6.07, 6.45) is 11.4. The Morgan fingerprint density at radius 2 is 1.35 bits per heavy atom. The van der Waals surface area contributed by atoms with Gasteiger partial charge in [0.1, 0.15) is 0 Å². The zero-order chi connectivity index (χ0) is 21.0. The highest BCUT2D eigenvalue weighted by atomic mass is 14.4. The molecule has 2 aliphatic rings. The number of benzene rings is 3. The molecule has 156 valence electrons. The van der Waals surface area contributed by atoms with Crippen LogP contribution >= 0.6 is 0 Å². The van der Waals surface area contributed by atoms with Gasteiger partial charge in [0.05, 0.1) is 11.6 Å². The molecule has 1 heteroatoms. The second kappa shape index (κ2) is 9.11. The fourth-order valence-electron chi connectivity index (χ4n) is 6.00. The van der Waals surface area contributed by atoms with Crippen LogP contribution < -0.4 is 0 Å². The zero-order valence-corrected chi connectivity index (χ0v) is 18.3. The van der Waals surface area contributed by atoms with E-state index in [1.807, 2.05) is 30.3 Å². The van der Waals surface area contributed by atoms with Crippen molar-refractivity contribution in [2.24, 2.45) is 17.8 Å². The average Bonchev–Trinajstić information content (AvgIpc) is 2.83. The molecule has 0 heterocycles. The lowest BCUT2D eigenvalue weighted by molar-refractivity contribution is 0.132. The van der Waals surface area contributed by atoms with Crippen molar-refractivity contribution in [3.8, 4) is 28.3 Å². The summed E-state index contributed by atoms with van der Waals surface area (Å²) in [6.45, 7) is 0. The van der Waals surface area contributed by atoms with E-state index in [0.717, 1.165) is 34.4 Å². The number of nitriles is 1. The molecule has 2 saturated carbocycles. The molecule has 2 unspecified atom stereocenters. The molecule has 0 aliphatic heterocycles. The summed E-state index contributed by atoms with van der Waals surface area (Å²) in [4.78, 5) is 0. The second-order valence-electron chi connectivity index (χ2n) is 9.75. The zero-order valence-electron chi connectivity index (χ0n) is 18.3. The van der Waals surface area contributed by atoms with Crippen LogP contribution in [0.4, 0.5) is 0 Å². The Morgan fingerprint density at radius 1 is 0.710 bits per heavy atom. The number of hydrogen-bond acceptors (Lipinski definition) is 1. The van der Waals surface area contributed by atoms with E-state index >= 15 is 0 Å².